The van der Waals surface area contributed by atoms with Crippen LogP contribution in [0.4, 0.5) is 0 Å². The normalized spacial score (nSPS) is 14.9. The summed E-state index contributed by atoms with van der Waals surface area (Å²) in [4.78, 5) is 12.6. The van der Waals surface area contributed by atoms with Crippen molar-refractivity contribution in [1.82, 2.24) is 0 Å². The number of aryl methyl sites for hydroxylation is 1. The monoisotopic (exact) mass is 416 g/mol. The van der Waals surface area contributed by atoms with E-state index in [2.05, 4.69) is 6.07 Å². The van der Waals surface area contributed by atoms with Gasteiger partial charge in [-0.15, -0.1) is 0 Å². The summed E-state index contributed by atoms with van der Waals surface area (Å²) in [6, 6.07) is 17.5. The van der Waals surface area contributed by atoms with Crippen molar-refractivity contribution < 1.29 is 23.4 Å². The van der Waals surface area contributed by atoms with Gasteiger partial charge >= 0.3 is 5.97 Å². The van der Waals surface area contributed by atoms with Crippen molar-refractivity contribution >= 4 is 5.97 Å². The Labute approximate surface area is 179 Å². The molecular weight excluding hydrogens is 396 g/mol. The van der Waals surface area contributed by atoms with Gasteiger partial charge in [0.15, 0.2) is 0 Å². The number of carbonyl (C=O) groups excluding carboxylic acids is 1. The molecule has 1 aliphatic heterocycles. The molecule has 4 rings (SSSR count). The highest BCUT2D eigenvalue weighted by Crippen LogP contribution is 2.43. The minimum absolute atomic E-state index is 0.0121. The van der Waals surface area contributed by atoms with E-state index >= 15 is 0 Å². The fourth-order valence-electron chi connectivity index (χ4n) is 3.45. The number of nitrogens with zero attached hydrogens (tertiary/aromatic N) is 1. The van der Waals surface area contributed by atoms with Crippen LogP contribution in [0.2, 0.25) is 0 Å². The highest BCUT2D eigenvalue weighted by Gasteiger charge is 2.33. The Morgan fingerprint density at radius 1 is 1.16 bits per heavy atom. The highest BCUT2D eigenvalue weighted by atomic mass is 16.5. The van der Waals surface area contributed by atoms with Crippen molar-refractivity contribution in [2.24, 2.45) is 5.73 Å². The summed E-state index contributed by atoms with van der Waals surface area (Å²) in [5, 5.41) is 9.60. The van der Waals surface area contributed by atoms with Gasteiger partial charge in [0.1, 0.15) is 40.4 Å². The fourth-order valence-corrected chi connectivity index (χ4v) is 3.45. The third kappa shape index (κ3) is 3.96. The van der Waals surface area contributed by atoms with Gasteiger partial charge in [0.25, 0.3) is 0 Å². The fraction of sp³-hybridized carbons (Fsp3) is 0.167. The summed E-state index contributed by atoms with van der Waals surface area (Å²) in [5.74, 6) is 1.52. The topological polar surface area (TPSA) is 108 Å². The molecule has 1 aromatic heterocycles. The standard InChI is InChI=1S/C24H20N2O5/c1-3-28-16-6-4-5-15(11-16)24(27)30-17-8-9-18-21(12-17)31-23(26)19(13-25)22(18)20-10-7-14(2)29-20/h4-12,22H,3,26H2,1-2H3. The third-order valence-electron chi connectivity index (χ3n) is 4.83. The lowest BCUT2D eigenvalue weighted by molar-refractivity contribution is 0.0734. The maximum Gasteiger partial charge on any atom is 0.343 e. The van der Waals surface area contributed by atoms with Crippen LogP contribution in [0.5, 0.6) is 17.2 Å². The number of hydrogen-bond acceptors (Lipinski definition) is 7. The molecule has 2 heterocycles. The van der Waals surface area contributed by atoms with E-state index in [9.17, 15) is 10.1 Å². The summed E-state index contributed by atoms with van der Waals surface area (Å²) in [5.41, 5.74) is 7.31. The van der Waals surface area contributed by atoms with Crippen LogP contribution in [0.15, 0.2) is 70.5 Å². The van der Waals surface area contributed by atoms with E-state index < -0.39 is 11.9 Å². The number of nitriles is 1. The highest BCUT2D eigenvalue weighted by molar-refractivity contribution is 5.91. The molecular formula is C24H20N2O5. The Kier molecular flexibility index (Phi) is 5.37. The van der Waals surface area contributed by atoms with Crippen LogP contribution < -0.4 is 19.9 Å². The van der Waals surface area contributed by atoms with E-state index in [0.717, 1.165) is 5.76 Å². The smallest absolute Gasteiger partial charge is 0.343 e. The lowest BCUT2D eigenvalue weighted by Crippen LogP contribution is -2.21. The molecule has 7 nitrogen and oxygen atoms in total. The number of ether oxygens (including phenoxy) is 3. The molecule has 7 heteroatoms. The quantitative estimate of drug-likeness (QED) is 0.484. The molecule has 1 unspecified atom stereocenters. The second-order valence-electron chi connectivity index (χ2n) is 6.92. The van der Waals surface area contributed by atoms with Crippen LogP contribution in [-0.2, 0) is 0 Å². The number of allylic oxidation sites excluding steroid dienone is 1. The molecule has 0 fully saturated rings. The van der Waals surface area contributed by atoms with Crippen LogP contribution in [0.1, 0.15) is 40.3 Å². The largest absolute Gasteiger partial charge is 0.494 e. The van der Waals surface area contributed by atoms with Gasteiger partial charge in [-0.25, -0.2) is 4.79 Å². The molecule has 0 spiro atoms. The number of hydrogen-bond donors (Lipinski definition) is 1. The van der Waals surface area contributed by atoms with E-state index in [1.54, 1.807) is 48.5 Å². The van der Waals surface area contributed by atoms with Crippen molar-refractivity contribution in [3.8, 4) is 23.3 Å². The maximum absolute atomic E-state index is 12.6. The van der Waals surface area contributed by atoms with E-state index in [1.165, 1.54) is 0 Å². The zero-order valence-electron chi connectivity index (χ0n) is 17.0. The molecule has 0 bridgehead atoms. The molecule has 1 atom stereocenters. The number of fused-ring (bicyclic) bond motifs is 1. The first-order chi connectivity index (χ1) is 15.0. The van der Waals surface area contributed by atoms with E-state index in [4.69, 9.17) is 24.4 Å². The van der Waals surface area contributed by atoms with Crippen LogP contribution in [-0.4, -0.2) is 12.6 Å². The molecule has 2 aromatic carbocycles. The molecule has 0 aliphatic carbocycles. The van der Waals surface area contributed by atoms with Crippen molar-refractivity contribution in [2.45, 2.75) is 19.8 Å². The Morgan fingerprint density at radius 2 is 2.00 bits per heavy atom. The SMILES string of the molecule is CCOc1cccc(C(=O)Oc2ccc3c(c2)OC(N)=C(C#N)C3c2ccc(C)o2)c1. The zero-order chi connectivity index (χ0) is 22.0. The Balaban J connectivity index is 1.64. The van der Waals surface area contributed by atoms with Crippen LogP contribution in [0.25, 0.3) is 0 Å². The number of nitrogens with two attached hydrogens (primary N) is 1. The number of benzene rings is 2. The zero-order valence-corrected chi connectivity index (χ0v) is 17.0. The predicted molar refractivity (Wildman–Crippen MR) is 112 cm³/mol. The van der Waals surface area contributed by atoms with E-state index in [0.29, 0.717) is 35.0 Å². The van der Waals surface area contributed by atoms with E-state index in [-0.39, 0.29) is 17.2 Å². The van der Waals surface area contributed by atoms with Gasteiger partial charge in [-0.05, 0) is 50.2 Å². The van der Waals surface area contributed by atoms with Gasteiger partial charge in [-0.3, -0.25) is 0 Å². The van der Waals surface area contributed by atoms with Gasteiger partial charge in [-0.2, -0.15) is 5.26 Å². The van der Waals surface area contributed by atoms with Gasteiger partial charge in [0, 0.05) is 11.6 Å². The maximum atomic E-state index is 12.6. The molecule has 0 amide bonds. The summed E-state index contributed by atoms with van der Waals surface area (Å²) in [6.07, 6.45) is 0. The first kappa shape index (κ1) is 20.1. The molecule has 3 aromatic rings. The lowest BCUT2D eigenvalue weighted by Gasteiger charge is -2.25. The molecule has 1 aliphatic rings. The predicted octanol–water partition coefficient (Wildman–Crippen LogP) is 4.42. The van der Waals surface area contributed by atoms with Crippen molar-refractivity contribution in [1.29, 1.82) is 5.26 Å². The minimum Gasteiger partial charge on any atom is -0.494 e. The molecule has 31 heavy (non-hydrogen) atoms. The number of rotatable bonds is 5. The van der Waals surface area contributed by atoms with Crippen LogP contribution in [0.3, 0.4) is 0 Å². The molecule has 2 N–H and O–H groups in total. The Morgan fingerprint density at radius 3 is 2.71 bits per heavy atom. The van der Waals surface area contributed by atoms with Crippen molar-refractivity contribution in [3.05, 3.63) is 88.7 Å². The second-order valence-corrected chi connectivity index (χ2v) is 6.92. The average Bonchev–Trinajstić information content (AvgIpc) is 3.19. The summed E-state index contributed by atoms with van der Waals surface area (Å²) >= 11 is 0. The number of esters is 1. The first-order valence-electron chi connectivity index (χ1n) is 9.73. The average molecular weight is 416 g/mol. The van der Waals surface area contributed by atoms with Gasteiger partial charge in [0.2, 0.25) is 5.88 Å². The van der Waals surface area contributed by atoms with Crippen molar-refractivity contribution in [2.75, 3.05) is 6.61 Å². The molecule has 0 saturated heterocycles. The molecule has 0 saturated carbocycles. The molecule has 0 radical (unpaired) electrons. The van der Waals surface area contributed by atoms with Crippen LogP contribution >= 0.6 is 0 Å². The third-order valence-corrected chi connectivity index (χ3v) is 4.83. The summed E-state index contributed by atoms with van der Waals surface area (Å²) in [6.45, 7) is 4.19. The van der Waals surface area contributed by atoms with Gasteiger partial charge < -0.3 is 24.4 Å². The summed E-state index contributed by atoms with van der Waals surface area (Å²) in [7, 11) is 0. The van der Waals surface area contributed by atoms with Gasteiger partial charge in [0.05, 0.1) is 18.1 Å². The van der Waals surface area contributed by atoms with E-state index in [1.807, 2.05) is 19.9 Å². The Hall–Kier alpha value is -4.18. The lowest BCUT2D eigenvalue weighted by atomic mass is 9.87. The summed E-state index contributed by atoms with van der Waals surface area (Å²) < 4.78 is 22.3. The number of furan rings is 1. The van der Waals surface area contributed by atoms with Crippen LogP contribution in [0, 0.1) is 18.3 Å². The first-order valence-corrected chi connectivity index (χ1v) is 9.73. The minimum atomic E-state index is -0.531. The van der Waals surface area contributed by atoms with Gasteiger partial charge in [-0.1, -0.05) is 12.1 Å². The van der Waals surface area contributed by atoms with Crippen molar-refractivity contribution in [3.63, 3.8) is 0 Å². The Bertz CT molecular complexity index is 1220. The number of carbonyl (C=O) groups is 1. The molecule has 156 valence electrons. The second kappa shape index (κ2) is 8.28.